The van der Waals surface area contributed by atoms with Crippen molar-refractivity contribution in [2.24, 2.45) is 0 Å². The van der Waals surface area contributed by atoms with Gasteiger partial charge >= 0.3 is 0 Å². The molecular formula is C13H22N4O. The van der Waals surface area contributed by atoms with Crippen LogP contribution < -0.4 is 10.1 Å². The normalized spacial score (nSPS) is 16.6. The Balaban J connectivity index is 1.80. The Morgan fingerprint density at radius 1 is 1.28 bits per heavy atom. The van der Waals surface area contributed by atoms with Gasteiger partial charge in [0.25, 0.3) is 0 Å². The number of rotatable bonds is 5. The number of aromatic nitrogens is 2. The summed E-state index contributed by atoms with van der Waals surface area (Å²) in [4.78, 5) is 11.0. The van der Waals surface area contributed by atoms with Crippen LogP contribution in [0.25, 0.3) is 0 Å². The summed E-state index contributed by atoms with van der Waals surface area (Å²) in [7, 11) is 1.85. The van der Waals surface area contributed by atoms with Gasteiger partial charge in [-0.05, 0) is 32.9 Å². The van der Waals surface area contributed by atoms with Crippen LogP contribution in [-0.2, 0) is 0 Å². The molecule has 2 rings (SSSR count). The second-order valence-electron chi connectivity index (χ2n) is 4.64. The van der Waals surface area contributed by atoms with E-state index in [0.29, 0.717) is 12.5 Å². The maximum atomic E-state index is 5.70. The Kier molecular flexibility index (Phi) is 4.75. The molecule has 0 saturated carbocycles. The average Bonchev–Trinajstić information content (AvgIpc) is 2.39. The molecule has 1 saturated heterocycles. The van der Waals surface area contributed by atoms with Crippen molar-refractivity contribution in [2.75, 3.05) is 38.6 Å². The molecule has 0 amide bonds. The zero-order valence-corrected chi connectivity index (χ0v) is 11.3. The number of anilines is 1. The number of likely N-dealkylation sites (tertiary alicyclic amines) is 1. The lowest BCUT2D eigenvalue weighted by Gasteiger charge is -2.26. The summed E-state index contributed by atoms with van der Waals surface area (Å²) in [5.41, 5.74) is 0. The molecule has 0 spiro atoms. The fourth-order valence-corrected chi connectivity index (χ4v) is 2.20. The average molecular weight is 250 g/mol. The molecule has 0 aromatic carbocycles. The number of hydrogen-bond acceptors (Lipinski definition) is 5. The molecular weight excluding hydrogens is 228 g/mol. The molecule has 0 atom stereocenters. The number of nitrogens with one attached hydrogen (secondary N) is 1. The van der Waals surface area contributed by atoms with Crippen LogP contribution in [0.15, 0.2) is 6.07 Å². The van der Waals surface area contributed by atoms with E-state index in [1.807, 2.05) is 20.0 Å². The monoisotopic (exact) mass is 250 g/mol. The Hall–Kier alpha value is -1.36. The number of nitrogens with zero attached hydrogens (tertiary/aromatic N) is 3. The minimum Gasteiger partial charge on any atom is -0.476 e. The highest BCUT2D eigenvalue weighted by atomic mass is 16.5. The van der Waals surface area contributed by atoms with Crippen molar-refractivity contribution < 1.29 is 4.74 Å². The zero-order chi connectivity index (χ0) is 12.8. The highest BCUT2D eigenvalue weighted by molar-refractivity contribution is 5.37. The molecule has 0 unspecified atom stereocenters. The summed E-state index contributed by atoms with van der Waals surface area (Å²) < 4.78 is 5.70. The first kappa shape index (κ1) is 13.1. The highest BCUT2D eigenvalue weighted by Crippen LogP contribution is 2.13. The third kappa shape index (κ3) is 3.84. The van der Waals surface area contributed by atoms with Crippen molar-refractivity contribution in [3.05, 3.63) is 11.9 Å². The first-order valence-electron chi connectivity index (χ1n) is 6.66. The Morgan fingerprint density at radius 3 is 2.78 bits per heavy atom. The first-order valence-corrected chi connectivity index (χ1v) is 6.66. The van der Waals surface area contributed by atoms with E-state index in [9.17, 15) is 0 Å². The molecule has 0 aliphatic carbocycles. The van der Waals surface area contributed by atoms with Crippen LogP contribution in [0.4, 0.5) is 5.82 Å². The van der Waals surface area contributed by atoms with E-state index in [1.54, 1.807) is 0 Å². The standard InChI is InChI=1S/C13H22N4O/c1-11-15-12(14-2)10-13(16-11)18-9-8-17-6-4-3-5-7-17/h10H,3-9H2,1-2H3,(H,14,15,16). The van der Waals surface area contributed by atoms with Gasteiger partial charge in [0.15, 0.2) is 0 Å². The lowest BCUT2D eigenvalue weighted by molar-refractivity contribution is 0.180. The lowest BCUT2D eigenvalue weighted by atomic mass is 10.1. The number of piperidine rings is 1. The van der Waals surface area contributed by atoms with Gasteiger partial charge in [-0.3, -0.25) is 4.90 Å². The molecule has 5 heteroatoms. The molecule has 1 fully saturated rings. The molecule has 2 heterocycles. The minimum atomic E-state index is 0.656. The molecule has 0 radical (unpaired) electrons. The van der Waals surface area contributed by atoms with Crippen molar-refractivity contribution in [3.8, 4) is 5.88 Å². The summed E-state index contributed by atoms with van der Waals surface area (Å²) in [6, 6.07) is 1.84. The van der Waals surface area contributed by atoms with Crippen molar-refractivity contribution in [1.82, 2.24) is 14.9 Å². The van der Waals surface area contributed by atoms with Gasteiger partial charge in [0.05, 0.1) is 0 Å². The summed E-state index contributed by atoms with van der Waals surface area (Å²) in [6.07, 6.45) is 4.00. The van der Waals surface area contributed by atoms with Crippen LogP contribution in [0, 0.1) is 6.92 Å². The Labute approximate surface area is 109 Å². The van der Waals surface area contributed by atoms with Crippen molar-refractivity contribution in [2.45, 2.75) is 26.2 Å². The zero-order valence-electron chi connectivity index (χ0n) is 11.3. The van der Waals surface area contributed by atoms with Gasteiger partial charge < -0.3 is 10.1 Å². The van der Waals surface area contributed by atoms with Gasteiger partial charge in [0.1, 0.15) is 18.2 Å². The predicted molar refractivity (Wildman–Crippen MR) is 72.1 cm³/mol. The van der Waals surface area contributed by atoms with Crippen LogP contribution >= 0.6 is 0 Å². The third-order valence-electron chi connectivity index (χ3n) is 3.18. The maximum absolute atomic E-state index is 5.70. The van der Waals surface area contributed by atoms with Crippen LogP contribution in [-0.4, -0.2) is 48.2 Å². The molecule has 100 valence electrons. The molecule has 1 aliphatic rings. The number of hydrogen-bond donors (Lipinski definition) is 1. The van der Waals surface area contributed by atoms with Crippen LogP contribution in [0.2, 0.25) is 0 Å². The van der Waals surface area contributed by atoms with Gasteiger partial charge in [-0.1, -0.05) is 6.42 Å². The van der Waals surface area contributed by atoms with E-state index in [2.05, 4.69) is 20.2 Å². The van der Waals surface area contributed by atoms with E-state index in [1.165, 1.54) is 32.4 Å². The molecule has 1 aromatic rings. The molecule has 18 heavy (non-hydrogen) atoms. The summed E-state index contributed by atoms with van der Waals surface area (Å²) in [5, 5.41) is 3.01. The van der Waals surface area contributed by atoms with E-state index in [-0.39, 0.29) is 0 Å². The van der Waals surface area contributed by atoms with Crippen molar-refractivity contribution >= 4 is 5.82 Å². The fourth-order valence-electron chi connectivity index (χ4n) is 2.20. The molecule has 1 aliphatic heterocycles. The molecule has 1 aromatic heterocycles. The molecule has 0 bridgehead atoms. The van der Waals surface area contributed by atoms with Gasteiger partial charge in [-0.25, -0.2) is 4.98 Å². The summed E-state index contributed by atoms with van der Waals surface area (Å²) >= 11 is 0. The van der Waals surface area contributed by atoms with Gasteiger partial charge in [-0.2, -0.15) is 4.98 Å². The van der Waals surface area contributed by atoms with Crippen LogP contribution in [0.3, 0.4) is 0 Å². The maximum Gasteiger partial charge on any atom is 0.218 e. The predicted octanol–water partition coefficient (Wildman–Crippen LogP) is 1.69. The molecule has 5 nitrogen and oxygen atoms in total. The van der Waals surface area contributed by atoms with E-state index < -0.39 is 0 Å². The largest absolute Gasteiger partial charge is 0.476 e. The van der Waals surface area contributed by atoms with E-state index in [4.69, 9.17) is 4.74 Å². The lowest BCUT2D eigenvalue weighted by Crippen LogP contribution is -2.33. The fraction of sp³-hybridized carbons (Fsp3) is 0.692. The Bertz CT molecular complexity index is 377. The Morgan fingerprint density at radius 2 is 2.06 bits per heavy atom. The summed E-state index contributed by atoms with van der Waals surface area (Å²) in [6.45, 7) is 5.96. The van der Waals surface area contributed by atoms with Crippen molar-refractivity contribution in [3.63, 3.8) is 0 Å². The van der Waals surface area contributed by atoms with Gasteiger partial charge in [0, 0.05) is 19.7 Å². The second-order valence-corrected chi connectivity index (χ2v) is 4.64. The molecule has 1 N–H and O–H groups in total. The quantitative estimate of drug-likeness (QED) is 0.862. The van der Waals surface area contributed by atoms with Gasteiger partial charge in [0.2, 0.25) is 5.88 Å². The third-order valence-corrected chi connectivity index (χ3v) is 3.18. The smallest absolute Gasteiger partial charge is 0.218 e. The van der Waals surface area contributed by atoms with Gasteiger partial charge in [-0.15, -0.1) is 0 Å². The SMILES string of the molecule is CNc1cc(OCCN2CCCCC2)nc(C)n1. The number of aryl methyl sites for hydroxylation is 1. The highest BCUT2D eigenvalue weighted by Gasteiger charge is 2.10. The minimum absolute atomic E-state index is 0.656. The topological polar surface area (TPSA) is 50.3 Å². The van der Waals surface area contributed by atoms with Crippen LogP contribution in [0.5, 0.6) is 5.88 Å². The number of ether oxygens (including phenoxy) is 1. The first-order chi connectivity index (χ1) is 8.78. The van der Waals surface area contributed by atoms with Crippen LogP contribution in [0.1, 0.15) is 25.1 Å². The van der Waals surface area contributed by atoms with E-state index >= 15 is 0 Å². The van der Waals surface area contributed by atoms with Crippen molar-refractivity contribution in [1.29, 1.82) is 0 Å². The summed E-state index contributed by atoms with van der Waals surface area (Å²) in [5.74, 6) is 2.19. The second kappa shape index (κ2) is 6.54. The van der Waals surface area contributed by atoms with E-state index in [0.717, 1.165) is 18.2 Å².